The first-order valence-corrected chi connectivity index (χ1v) is 25.1. The van der Waals surface area contributed by atoms with E-state index in [1.807, 2.05) is 0 Å². The Kier molecular flexibility index (Phi) is 10.6. The smallest absolute Gasteiger partial charge is 0.236 e. The van der Waals surface area contributed by atoms with Crippen LogP contribution < -0.4 is 10.0 Å². The van der Waals surface area contributed by atoms with Crippen LogP contribution in [0.15, 0.2) is 35.5 Å². The Bertz CT molecular complexity index is 1790. The number of nitrogens with zero attached hydrogens (tertiary/aromatic N) is 1. The lowest BCUT2D eigenvalue weighted by Crippen LogP contribution is -2.68. The fourth-order valence-corrected chi connectivity index (χ4v) is 16.7. The van der Waals surface area contributed by atoms with Crippen LogP contribution >= 0.6 is 0 Å². The third-order valence-electron chi connectivity index (χ3n) is 17.5. The van der Waals surface area contributed by atoms with Crippen molar-refractivity contribution >= 4 is 25.8 Å². The molecule has 6 aliphatic carbocycles. The lowest BCUT2D eigenvalue weighted by atomic mass is 9.33. The number of nitrogens with one attached hydrogen (secondary N) is 2. The van der Waals surface area contributed by atoms with Gasteiger partial charge in [0.25, 0.3) is 0 Å². The maximum absolute atomic E-state index is 12.7. The molecule has 7 aliphatic rings. The number of rotatable bonds is 9. The molecule has 10 heteroatoms. The maximum Gasteiger partial charge on any atom is 0.236 e. The third kappa shape index (κ3) is 6.95. The molecule has 10 atom stereocenters. The molecule has 1 amide bonds. The lowest BCUT2D eigenvalue weighted by Gasteiger charge is -2.72. The van der Waals surface area contributed by atoms with Crippen molar-refractivity contribution in [2.45, 2.75) is 131 Å². The van der Waals surface area contributed by atoms with Crippen molar-refractivity contribution < 1.29 is 21.6 Å². The van der Waals surface area contributed by atoms with E-state index in [4.69, 9.17) is 0 Å². The van der Waals surface area contributed by atoms with E-state index in [1.54, 1.807) is 0 Å². The number of allylic oxidation sites excluding steroid dienone is 5. The Balaban J connectivity index is 1.11. The highest BCUT2D eigenvalue weighted by Gasteiger charge is 2.70. The van der Waals surface area contributed by atoms with E-state index in [-0.39, 0.29) is 39.0 Å². The molecule has 5 fully saturated rings. The Labute approximate surface area is 328 Å². The fourth-order valence-electron chi connectivity index (χ4n) is 14.9. The second kappa shape index (κ2) is 14.1. The van der Waals surface area contributed by atoms with Crippen LogP contribution in [0.2, 0.25) is 0 Å². The van der Waals surface area contributed by atoms with Crippen LogP contribution in [0.4, 0.5) is 0 Å². The Hall–Kier alpha value is -1.49. The van der Waals surface area contributed by atoms with Gasteiger partial charge in [-0.25, -0.2) is 16.8 Å². The second-order valence-corrected chi connectivity index (χ2v) is 24.8. The SMILES string of the molecule is C=C(C)CC1CCC2(NCCN3CCS(=O)(=O)CC3)CCC3(C)C(CCC4C5(C)CC=C(C6=CCC(C(=O)NS(C)(=O)=O)CC6)C(C)(C)C5CCC43C)C12. The van der Waals surface area contributed by atoms with Crippen molar-refractivity contribution in [3.8, 4) is 0 Å². The number of fused-ring (bicyclic) bond motifs is 7. The summed E-state index contributed by atoms with van der Waals surface area (Å²) in [7, 11) is -6.42. The number of amides is 1. The molecule has 1 heterocycles. The molecule has 8 nitrogen and oxygen atoms in total. The minimum atomic E-state index is -3.55. The van der Waals surface area contributed by atoms with Crippen molar-refractivity contribution in [3.63, 3.8) is 0 Å². The van der Waals surface area contributed by atoms with Gasteiger partial charge in [0.15, 0.2) is 9.84 Å². The number of sulfone groups is 1. The summed E-state index contributed by atoms with van der Waals surface area (Å²) in [5, 5.41) is 4.24. The monoisotopic (exact) mass is 785 g/mol. The summed E-state index contributed by atoms with van der Waals surface area (Å²) in [5.41, 5.74) is 5.14. The van der Waals surface area contributed by atoms with Crippen molar-refractivity contribution in [3.05, 3.63) is 35.5 Å². The standard InChI is InChI=1S/C44H71N3O5S2/c1-30(2)29-33-15-20-44(45-23-24-47-25-27-54(51,52)28-26-47)22-21-42(6)35(38(33)44)13-14-37-41(5)18-16-34(40(3,4)36(41)17-19-43(37,42)7)31-9-11-32(12-10-31)39(48)46-53(8,49)50/h9,16,32-33,35-38,45H,1,10-15,17-29H2,2-8H3,(H,46,48). The van der Waals surface area contributed by atoms with E-state index in [2.05, 4.69) is 75.2 Å². The molecule has 304 valence electrons. The van der Waals surface area contributed by atoms with Crippen molar-refractivity contribution in [2.24, 2.45) is 57.2 Å². The summed E-state index contributed by atoms with van der Waals surface area (Å²) in [6.45, 7) is 22.9. The third-order valence-corrected chi connectivity index (χ3v) is 19.7. The second-order valence-electron chi connectivity index (χ2n) is 20.7. The van der Waals surface area contributed by atoms with Crippen LogP contribution in [0.3, 0.4) is 0 Å². The predicted molar refractivity (Wildman–Crippen MR) is 219 cm³/mol. The number of carbonyl (C=O) groups is 1. The first-order valence-electron chi connectivity index (χ1n) is 21.4. The van der Waals surface area contributed by atoms with Crippen LogP contribution in [0.25, 0.3) is 0 Å². The summed E-state index contributed by atoms with van der Waals surface area (Å²) in [5.74, 6) is 3.20. The van der Waals surface area contributed by atoms with E-state index in [1.165, 1.54) is 68.1 Å². The molecular formula is C44H71N3O5S2. The highest BCUT2D eigenvalue weighted by atomic mass is 32.2. The highest BCUT2D eigenvalue weighted by molar-refractivity contribution is 7.91. The number of sulfonamides is 1. The van der Waals surface area contributed by atoms with Gasteiger partial charge in [0, 0.05) is 37.6 Å². The summed E-state index contributed by atoms with van der Waals surface area (Å²) in [4.78, 5) is 15.0. The van der Waals surface area contributed by atoms with Crippen LogP contribution in [-0.2, 0) is 24.7 Å². The first kappa shape index (κ1) is 40.7. The quantitative estimate of drug-likeness (QED) is 0.234. The average Bonchev–Trinajstić information content (AvgIpc) is 3.42. The summed E-state index contributed by atoms with van der Waals surface area (Å²) >= 11 is 0. The molecule has 1 aliphatic heterocycles. The summed E-state index contributed by atoms with van der Waals surface area (Å²) in [6, 6.07) is 0. The largest absolute Gasteiger partial charge is 0.310 e. The molecule has 54 heavy (non-hydrogen) atoms. The normalized spacial score (nSPS) is 43.0. The number of carbonyl (C=O) groups excluding carboxylic acids is 1. The van der Waals surface area contributed by atoms with Gasteiger partial charge in [0.05, 0.1) is 17.8 Å². The van der Waals surface area contributed by atoms with Crippen molar-refractivity contribution in [2.75, 3.05) is 43.9 Å². The van der Waals surface area contributed by atoms with Crippen LogP contribution in [0.5, 0.6) is 0 Å². The molecule has 1 saturated heterocycles. The van der Waals surface area contributed by atoms with Crippen molar-refractivity contribution in [1.82, 2.24) is 14.9 Å². The molecular weight excluding hydrogens is 715 g/mol. The van der Waals surface area contributed by atoms with Gasteiger partial charge in [0.2, 0.25) is 15.9 Å². The maximum atomic E-state index is 12.7. The zero-order chi connectivity index (χ0) is 39.1. The van der Waals surface area contributed by atoms with E-state index in [0.717, 1.165) is 38.6 Å². The van der Waals surface area contributed by atoms with Crippen LogP contribution in [0, 0.1) is 57.2 Å². The van der Waals surface area contributed by atoms with Gasteiger partial charge in [-0.1, -0.05) is 52.3 Å². The lowest BCUT2D eigenvalue weighted by molar-refractivity contribution is -0.222. The average molecular weight is 786 g/mol. The van der Waals surface area contributed by atoms with E-state index in [0.29, 0.717) is 67.0 Å². The van der Waals surface area contributed by atoms with Crippen LogP contribution in [-0.4, -0.2) is 77.1 Å². The number of hydrogen-bond donors (Lipinski definition) is 2. The minimum absolute atomic E-state index is 0.0297. The molecule has 0 aromatic heterocycles. The molecule has 7 rings (SSSR count). The Morgan fingerprint density at radius 3 is 2.30 bits per heavy atom. The van der Waals surface area contributed by atoms with E-state index < -0.39 is 19.9 Å². The Morgan fingerprint density at radius 2 is 1.65 bits per heavy atom. The molecule has 0 bridgehead atoms. The molecule has 10 unspecified atom stereocenters. The topological polar surface area (TPSA) is 113 Å². The zero-order valence-corrected chi connectivity index (χ0v) is 36.2. The van der Waals surface area contributed by atoms with Gasteiger partial charge in [-0.15, -0.1) is 6.58 Å². The van der Waals surface area contributed by atoms with Crippen LogP contribution in [0.1, 0.15) is 125 Å². The van der Waals surface area contributed by atoms with Gasteiger partial charge in [0.1, 0.15) is 0 Å². The Morgan fingerprint density at radius 1 is 0.926 bits per heavy atom. The molecule has 0 aromatic carbocycles. The first-order chi connectivity index (χ1) is 25.1. The van der Waals surface area contributed by atoms with E-state index in [9.17, 15) is 21.6 Å². The summed E-state index contributed by atoms with van der Waals surface area (Å²) in [6.07, 6.45) is 20.4. The van der Waals surface area contributed by atoms with Gasteiger partial charge in [-0.2, -0.15) is 0 Å². The zero-order valence-electron chi connectivity index (χ0n) is 34.6. The van der Waals surface area contributed by atoms with Gasteiger partial charge < -0.3 is 10.2 Å². The molecule has 0 radical (unpaired) electrons. The minimum Gasteiger partial charge on any atom is -0.310 e. The number of hydrogen-bond acceptors (Lipinski definition) is 7. The predicted octanol–water partition coefficient (Wildman–Crippen LogP) is 7.45. The molecule has 0 aromatic rings. The van der Waals surface area contributed by atoms with Gasteiger partial charge in [-0.3, -0.25) is 9.52 Å². The summed E-state index contributed by atoms with van der Waals surface area (Å²) < 4.78 is 49.8. The highest BCUT2D eigenvalue weighted by Crippen LogP contribution is 2.76. The van der Waals surface area contributed by atoms with Gasteiger partial charge >= 0.3 is 0 Å². The van der Waals surface area contributed by atoms with Crippen molar-refractivity contribution in [1.29, 1.82) is 0 Å². The molecule has 2 N–H and O–H groups in total. The fraction of sp³-hybridized carbons (Fsp3) is 0.841. The van der Waals surface area contributed by atoms with E-state index >= 15 is 0 Å². The van der Waals surface area contributed by atoms with Gasteiger partial charge in [-0.05, 0) is 153 Å². The molecule has 4 saturated carbocycles. The molecule has 0 spiro atoms.